The maximum atomic E-state index is 4.95. The molecular weight excluding hydrogens is 190 g/mol. The number of hydrogen-bond donors (Lipinski definition) is 1. The fourth-order valence-corrected chi connectivity index (χ4v) is 2.17. The van der Waals surface area contributed by atoms with Gasteiger partial charge in [-0.15, -0.1) is 0 Å². The summed E-state index contributed by atoms with van der Waals surface area (Å²) in [5.41, 5.74) is 0. The predicted octanol–water partition coefficient (Wildman–Crippen LogP) is 1.92. The molecule has 1 N–H and O–H groups in total. The van der Waals surface area contributed by atoms with Crippen LogP contribution in [0.25, 0.3) is 0 Å². The molecule has 0 bridgehead atoms. The van der Waals surface area contributed by atoms with Gasteiger partial charge in [0.25, 0.3) is 0 Å². The minimum atomic E-state index is 0.704. The smallest absolute Gasteiger partial charge is 0.227 e. The lowest BCUT2D eigenvalue weighted by Crippen LogP contribution is -2.30. The molecule has 0 atom stereocenters. The van der Waals surface area contributed by atoms with Crippen LogP contribution in [0.1, 0.15) is 44.4 Å². The molecule has 1 heterocycles. The van der Waals surface area contributed by atoms with Crippen LogP contribution in [0.4, 0.5) is 0 Å². The molecule has 1 saturated carbocycles. The summed E-state index contributed by atoms with van der Waals surface area (Å²) in [5.74, 6) is 0.733. The van der Waals surface area contributed by atoms with Crippen molar-refractivity contribution in [3.05, 3.63) is 12.2 Å². The van der Waals surface area contributed by atoms with E-state index < -0.39 is 0 Å². The third kappa shape index (κ3) is 3.63. The fraction of sp³-hybridized carbons (Fsp3) is 0.818. The quantitative estimate of drug-likeness (QED) is 0.770. The van der Waals surface area contributed by atoms with Crippen molar-refractivity contribution in [3.63, 3.8) is 0 Å². The van der Waals surface area contributed by atoms with Crippen LogP contribution in [0.5, 0.6) is 0 Å². The molecule has 0 aromatic carbocycles. The van der Waals surface area contributed by atoms with Crippen LogP contribution < -0.4 is 5.32 Å². The summed E-state index contributed by atoms with van der Waals surface area (Å²) >= 11 is 0. The minimum absolute atomic E-state index is 0.704. The second-order valence-electron chi connectivity index (χ2n) is 4.23. The van der Waals surface area contributed by atoms with Crippen molar-refractivity contribution >= 4 is 0 Å². The SMILES string of the molecule is c1noc(CCNC2CCCCCC2)n1. The van der Waals surface area contributed by atoms with Crippen LogP contribution in [0.2, 0.25) is 0 Å². The lowest BCUT2D eigenvalue weighted by Gasteiger charge is -2.14. The Balaban J connectivity index is 1.64. The van der Waals surface area contributed by atoms with Gasteiger partial charge in [-0.2, -0.15) is 4.98 Å². The molecule has 0 spiro atoms. The summed E-state index contributed by atoms with van der Waals surface area (Å²) in [6.45, 7) is 0.951. The van der Waals surface area contributed by atoms with Gasteiger partial charge in [0, 0.05) is 19.0 Å². The number of rotatable bonds is 4. The Morgan fingerprint density at radius 3 is 2.73 bits per heavy atom. The molecule has 0 amide bonds. The van der Waals surface area contributed by atoms with Gasteiger partial charge in [0.15, 0.2) is 6.33 Å². The topological polar surface area (TPSA) is 51.0 Å². The zero-order valence-electron chi connectivity index (χ0n) is 9.11. The molecule has 0 unspecified atom stereocenters. The monoisotopic (exact) mass is 209 g/mol. The van der Waals surface area contributed by atoms with Gasteiger partial charge in [-0.3, -0.25) is 0 Å². The van der Waals surface area contributed by atoms with E-state index in [1.165, 1.54) is 44.9 Å². The van der Waals surface area contributed by atoms with Gasteiger partial charge in [0.2, 0.25) is 5.89 Å². The van der Waals surface area contributed by atoms with E-state index in [4.69, 9.17) is 4.52 Å². The van der Waals surface area contributed by atoms with Crippen LogP contribution >= 0.6 is 0 Å². The third-order valence-electron chi connectivity index (χ3n) is 3.03. The first-order valence-electron chi connectivity index (χ1n) is 5.94. The number of aromatic nitrogens is 2. The Morgan fingerprint density at radius 2 is 2.07 bits per heavy atom. The van der Waals surface area contributed by atoms with Gasteiger partial charge >= 0.3 is 0 Å². The highest BCUT2D eigenvalue weighted by molar-refractivity contribution is 4.77. The van der Waals surface area contributed by atoms with Crippen LogP contribution in [0.3, 0.4) is 0 Å². The molecule has 1 fully saturated rings. The first-order chi connectivity index (χ1) is 7.45. The van der Waals surface area contributed by atoms with Crippen LogP contribution in [-0.2, 0) is 6.42 Å². The van der Waals surface area contributed by atoms with Gasteiger partial charge in [-0.25, -0.2) is 0 Å². The Labute approximate surface area is 90.4 Å². The molecular formula is C11H19N3O. The molecule has 84 valence electrons. The van der Waals surface area contributed by atoms with Gasteiger partial charge in [0.05, 0.1) is 0 Å². The Bertz CT molecular complexity index is 253. The van der Waals surface area contributed by atoms with Crippen molar-refractivity contribution in [2.75, 3.05) is 6.54 Å². The molecule has 1 aromatic heterocycles. The van der Waals surface area contributed by atoms with Gasteiger partial charge in [-0.1, -0.05) is 30.8 Å². The molecule has 2 rings (SSSR count). The highest BCUT2D eigenvalue weighted by atomic mass is 16.5. The molecule has 15 heavy (non-hydrogen) atoms. The Kier molecular flexibility index (Phi) is 4.14. The van der Waals surface area contributed by atoms with Crippen molar-refractivity contribution in [2.24, 2.45) is 0 Å². The number of hydrogen-bond acceptors (Lipinski definition) is 4. The van der Waals surface area contributed by atoms with E-state index in [0.717, 1.165) is 18.9 Å². The second kappa shape index (κ2) is 5.85. The van der Waals surface area contributed by atoms with Crippen molar-refractivity contribution in [1.82, 2.24) is 15.5 Å². The zero-order valence-corrected chi connectivity index (χ0v) is 9.11. The summed E-state index contributed by atoms with van der Waals surface area (Å²) in [6, 6.07) is 0.704. The van der Waals surface area contributed by atoms with E-state index in [-0.39, 0.29) is 0 Å². The van der Waals surface area contributed by atoms with Crippen LogP contribution in [0, 0.1) is 0 Å². The molecule has 4 nitrogen and oxygen atoms in total. The Hall–Kier alpha value is -0.900. The number of nitrogens with zero attached hydrogens (tertiary/aromatic N) is 2. The molecule has 1 aromatic rings. The molecule has 1 aliphatic rings. The summed E-state index contributed by atoms with van der Waals surface area (Å²) in [4.78, 5) is 4.00. The summed E-state index contributed by atoms with van der Waals surface area (Å²) < 4.78 is 4.95. The van der Waals surface area contributed by atoms with E-state index >= 15 is 0 Å². The highest BCUT2D eigenvalue weighted by Gasteiger charge is 2.11. The molecule has 0 saturated heterocycles. The van der Waals surface area contributed by atoms with Crippen molar-refractivity contribution in [2.45, 2.75) is 51.0 Å². The second-order valence-corrected chi connectivity index (χ2v) is 4.23. The highest BCUT2D eigenvalue weighted by Crippen LogP contribution is 2.16. The minimum Gasteiger partial charge on any atom is -0.340 e. The average Bonchev–Trinajstić information content (AvgIpc) is 2.62. The predicted molar refractivity (Wildman–Crippen MR) is 57.5 cm³/mol. The van der Waals surface area contributed by atoms with Crippen molar-refractivity contribution < 1.29 is 4.52 Å². The molecule has 0 aliphatic heterocycles. The van der Waals surface area contributed by atoms with E-state index in [9.17, 15) is 0 Å². The lowest BCUT2D eigenvalue weighted by atomic mass is 10.1. The zero-order chi connectivity index (χ0) is 10.3. The van der Waals surface area contributed by atoms with Gasteiger partial charge < -0.3 is 9.84 Å². The van der Waals surface area contributed by atoms with E-state index in [0.29, 0.717) is 6.04 Å². The number of nitrogens with one attached hydrogen (secondary N) is 1. The average molecular weight is 209 g/mol. The summed E-state index contributed by atoms with van der Waals surface area (Å²) in [6.07, 6.45) is 10.5. The summed E-state index contributed by atoms with van der Waals surface area (Å²) in [5, 5.41) is 7.16. The normalized spacial score (nSPS) is 18.9. The standard InChI is InChI=1S/C11H19N3O/c1-2-4-6-10(5-3-1)12-8-7-11-13-9-14-15-11/h9-10,12H,1-8H2. The van der Waals surface area contributed by atoms with E-state index in [1.807, 2.05) is 0 Å². The van der Waals surface area contributed by atoms with Crippen LogP contribution in [-0.4, -0.2) is 22.7 Å². The van der Waals surface area contributed by atoms with Crippen molar-refractivity contribution in [3.8, 4) is 0 Å². The van der Waals surface area contributed by atoms with E-state index in [1.54, 1.807) is 0 Å². The third-order valence-corrected chi connectivity index (χ3v) is 3.03. The first-order valence-corrected chi connectivity index (χ1v) is 5.94. The maximum absolute atomic E-state index is 4.95. The van der Waals surface area contributed by atoms with E-state index in [2.05, 4.69) is 15.5 Å². The Morgan fingerprint density at radius 1 is 1.27 bits per heavy atom. The molecule has 1 aliphatic carbocycles. The molecule has 0 radical (unpaired) electrons. The van der Waals surface area contributed by atoms with Gasteiger partial charge in [0.1, 0.15) is 0 Å². The molecule has 4 heteroatoms. The summed E-state index contributed by atoms with van der Waals surface area (Å²) in [7, 11) is 0. The van der Waals surface area contributed by atoms with Gasteiger partial charge in [-0.05, 0) is 12.8 Å². The van der Waals surface area contributed by atoms with Crippen LogP contribution in [0.15, 0.2) is 10.9 Å². The largest absolute Gasteiger partial charge is 0.340 e. The maximum Gasteiger partial charge on any atom is 0.227 e. The fourth-order valence-electron chi connectivity index (χ4n) is 2.17. The first kappa shape index (κ1) is 10.6. The lowest BCUT2D eigenvalue weighted by molar-refractivity contribution is 0.368. The van der Waals surface area contributed by atoms with Crippen molar-refractivity contribution in [1.29, 1.82) is 0 Å².